The second-order valence-corrected chi connectivity index (χ2v) is 11.2. The van der Waals surface area contributed by atoms with Crippen molar-refractivity contribution in [1.82, 2.24) is 19.9 Å². The van der Waals surface area contributed by atoms with Gasteiger partial charge < -0.3 is 15.1 Å². The van der Waals surface area contributed by atoms with Gasteiger partial charge in [0.1, 0.15) is 0 Å². The Morgan fingerprint density at radius 3 is 2.16 bits per heavy atom. The molecule has 1 N–H and O–H groups in total. The first-order chi connectivity index (χ1) is 20.2. The smallest absolute Gasteiger partial charge is 0.657 e. The number of rotatable bonds is 7. The second-order valence-electron chi connectivity index (χ2n) is 11.2. The molecular formula is C34H31FeN4O4+. The zero-order chi connectivity index (χ0) is 29.4. The summed E-state index contributed by atoms with van der Waals surface area (Å²) in [6.45, 7) is 16.3. The summed E-state index contributed by atoms with van der Waals surface area (Å²) in [5.41, 5.74) is 14.4. The van der Waals surface area contributed by atoms with E-state index in [0.717, 1.165) is 95.8 Å². The molecule has 8 nitrogen and oxygen atoms in total. The first-order valence-corrected chi connectivity index (χ1v) is 14.1. The maximum Gasteiger partial charge on any atom is 2.00 e. The SMILES string of the molecule is C=CC1=C(C)c2cc3[n-]c(cc4nc(cc5[n-]c(cc1n2)c(C)c5C=C)C(C)=C4CCC(=O)O)c(C[C@H]1[C@@H]2O[O+]12)c3C.[Fe+2]. The summed E-state index contributed by atoms with van der Waals surface area (Å²) in [5.74, 6) is -0.845. The Kier molecular flexibility index (Phi) is 7.18. The Balaban J connectivity index is 0.00000329. The summed E-state index contributed by atoms with van der Waals surface area (Å²) in [5, 5.41) is 9.49. The number of aryl methyl sites for hydroxylation is 2. The van der Waals surface area contributed by atoms with Gasteiger partial charge >= 0.3 is 35.4 Å². The molecular weight excluding hydrogens is 584 g/mol. The maximum absolute atomic E-state index is 11.6. The normalized spacial score (nSPS) is 18.8. The van der Waals surface area contributed by atoms with Gasteiger partial charge in [0.15, 0.2) is 0 Å². The molecule has 7 rings (SSSR count). The number of carboxylic acids is 1. The third-order valence-corrected chi connectivity index (χ3v) is 8.80. The summed E-state index contributed by atoms with van der Waals surface area (Å²) in [4.78, 5) is 37.0. The zero-order valence-electron chi connectivity index (χ0n) is 24.5. The molecule has 4 aliphatic heterocycles. The average Bonchev–Trinajstić information content (AvgIpc) is 3.75. The predicted molar refractivity (Wildman–Crippen MR) is 164 cm³/mol. The number of aromatic nitrogens is 4. The second kappa shape index (κ2) is 10.6. The van der Waals surface area contributed by atoms with E-state index in [2.05, 4.69) is 31.5 Å². The van der Waals surface area contributed by atoms with Crippen LogP contribution in [0.1, 0.15) is 71.7 Å². The molecule has 218 valence electrons. The minimum absolute atomic E-state index is 0. The Labute approximate surface area is 260 Å². The fraction of sp³-hybridized carbons (Fsp3) is 0.265. The van der Waals surface area contributed by atoms with Crippen molar-refractivity contribution in [3.8, 4) is 0 Å². The van der Waals surface area contributed by atoms with Gasteiger partial charge in [-0.2, -0.15) is 4.52 Å². The van der Waals surface area contributed by atoms with Crippen LogP contribution >= 0.6 is 0 Å². The van der Waals surface area contributed by atoms with Gasteiger partial charge in [-0.25, -0.2) is 9.97 Å². The van der Waals surface area contributed by atoms with Crippen LogP contribution in [-0.2, 0) is 37.7 Å². The summed E-state index contributed by atoms with van der Waals surface area (Å²) in [7, 11) is 0. The summed E-state index contributed by atoms with van der Waals surface area (Å²) < 4.78 is 2.80. The van der Waals surface area contributed by atoms with Crippen LogP contribution in [0.15, 0.2) is 43.5 Å². The molecule has 2 saturated heterocycles. The van der Waals surface area contributed by atoms with Crippen molar-refractivity contribution in [2.45, 2.75) is 59.4 Å². The predicted octanol–water partition coefficient (Wildman–Crippen LogP) is 6.49. The van der Waals surface area contributed by atoms with Crippen molar-refractivity contribution < 1.29 is 36.4 Å². The molecule has 2 atom stereocenters. The molecule has 2 fully saturated rings. The number of carboxylic acid groups (broad SMARTS) is 1. The van der Waals surface area contributed by atoms with Crippen molar-refractivity contribution in [3.63, 3.8) is 0 Å². The molecule has 8 bridgehead atoms. The van der Waals surface area contributed by atoms with Crippen LogP contribution in [0.5, 0.6) is 0 Å². The van der Waals surface area contributed by atoms with Crippen molar-refractivity contribution >= 4 is 56.4 Å². The standard InChI is InChI=1S/C34H32N4O4.Fe/c1-7-20-16(3)24-12-25-19(6)23(11-32-34-41-42(32)34)31(38-25)15-30-22(9-10-33(39)40)18(5)27(37-30)14-29-21(8-2)17(4)26(36-29)13-28(20)35-24;/h7-8,12-15,32,34H,1-2,9-11H2,3-6H3,(H2-,35,36,37,38,39,40);/q;+2/p-1/t32-,34+;/m0./s1. The third-order valence-electron chi connectivity index (χ3n) is 8.80. The topological polar surface area (TPSA) is 107 Å². The van der Waals surface area contributed by atoms with Crippen molar-refractivity contribution in [1.29, 1.82) is 0 Å². The molecule has 7 heterocycles. The van der Waals surface area contributed by atoms with Crippen LogP contribution in [0.2, 0.25) is 0 Å². The molecule has 43 heavy (non-hydrogen) atoms. The number of fused-ring (bicyclic) bond motifs is 9. The van der Waals surface area contributed by atoms with Crippen LogP contribution in [-0.4, -0.2) is 33.4 Å². The van der Waals surface area contributed by atoms with E-state index in [1.165, 1.54) is 0 Å². The molecule has 0 aliphatic carbocycles. The van der Waals surface area contributed by atoms with Gasteiger partial charge in [0.2, 0.25) is 0 Å². The summed E-state index contributed by atoms with van der Waals surface area (Å²) in [6, 6.07) is 8.02. The Morgan fingerprint density at radius 2 is 1.51 bits per heavy atom. The minimum atomic E-state index is -0.845. The molecule has 0 saturated carbocycles. The zero-order valence-corrected chi connectivity index (χ0v) is 25.6. The van der Waals surface area contributed by atoms with E-state index < -0.39 is 5.97 Å². The Hall–Kier alpha value is -4.01. The summed E-state index contributed by atoms with van der Waals surface area (Å²) >= 11 is 0. The van der Waals surface area contributed by atoms with E-state index >= 15 is 0 Å². The molecule has 0 radical (unpaired) electrons. The van der Waals surface area contributed by atoms with Crippen LogP contribution < -0.4 is 9.97 Å². The number of nitrogens with zero attached hydrogens (tertiary/aromatic N) is 4. The fourth-order valence-electron chi connectivity index (χ4n) is 6.08. The molecule has 0 spiro atoms. The van der Waals surface area contributed by atoms with Crippen LogP contribution in [0, 0.1) is 13.8 Å². The van der Waals surface area contributed by atoms with Gasteiger partial charge in [0, 0.05) is 12.0 Å². The molecule has 0 unspecified atom stereocenters. The van der Waals surface area contributed by atoms with E-state index in [-0.39, 0.29) is 35.9 Å². The van der Waals surface area contributed by atoms with Gasteiger partial charge in [-0.15, -0.1) is 22.1 Å². The van der Waals surface area contributed by atoms with Gasteiger partial charge in [-0.3, -0.25) is 4.79 Å². The van der Waals surface area contributed by atoms with E-state index in [1.54, 1.807) is 0 Å². The number of carbonyl (C=O) groups is 1. The van der Waals surface area contributed by atoms with Crippen molar-refractivity contribution in [2.75, 3.05) is 0 Å². The van der Waals surface area contributed by atoms with E-state index in [0.29, 0.717) is 6.42 Å². The molecule has 9 heteroatoms. The van der Waals surface area contributed by atoms with Gasteiger partial charge in [0.05, 0.1) is 29.2 Å². The number of hydrogen-bond acceptors (Lipinski definition) is 4. The van der Waals surface area contributed by atoms with E-state index in [9.17, 15) is 9.90 Å². The minimum Gasteiger partial charge on any atom is -0.657 e. The fourth-order valence-corrected chi connectivity index (χ4v) is 6.08. The Morgan fingerprint density at radius 1 is 0.907 bits per heavy atom. The quantitative estimate of drug-likeness (QED) is 0.140. The number of hydrogen-bond donors (Lipinski definition) is 1. The van der Waals surface area contributed by atoms with Crippen LogP contribution in [0.25, 0.3) is 50.4 Å². The molecule has 3 aromatic heterocycles. The average molecular weight is 615 g/mol. The molecule has 0 aromatic carbocycles. The van der Waals surface area contributed by atoms with Crippen molar-refractivity contribution in [3.05, 3.63) is 88.5 Å². The maximum atomic E-state index is 11.6. The van der Waals surface area contributed by atoms with Crippen molar-refractivity contribution in [2.24, 2.45) is 0 Å². The van der Waals surface area contributed by atoms with E-state index in [4.69, 9.17) is 24.8 Å². The number of epoxide rings is 1. The number of allylic oxidation sites excluding steroid dienone is 5. The van der Waals surface area contributed by atoms with Gasteiger partial charge in [-0.1, -0.05) is 66.3 Å². The first kappa shape index (κ1) is 29.1. The molecule has 0 amide bonds. The third kappa shape index (κ3) is 4.82. The molecule has 3 aromatic rings. The van der Waals surface area contributed by atoms with Gasteiger partial charge in [0.25, 0.3) is 0 Å². The van der Waals surface area contributed by atoms with E-state index in [1.807, 2.05) is 50.3 Å². The van der Waals surface area contributed by atoms with Crippen LogP contribution in [0.4, 0.5) is 0 Å². The monoisotopic (exact) mass is 615 g/mol. The Bertz CT molecular complexity index is 1970. The van der Waals surface area contributed by atoms with Gasteiger partial charge in [-0.05, 0) is 61.3 Å². The first-order valence-electron chi connectivity index (χ1n) is 14.1. The molecule has 4 aliphatic rings. The summed E-state index contributed by atoms with van der Waals surface area (Å²) in [6.07, 6.45) is 5.23. The number of aliphatic carboxylic acids is 1. The van der Waals surface area contributed by atoms with Crippen LogP contribution in [0.3, 0.4) is 0 Å². The largest absolute Gasteiger partial charge is 2.00 e.